The van der Waals surface area contributed by atoms with E-state index in [9.17, 15) is 14.7 Å². The molecule has 0 saturated heterocycles. The van der Waals surface area contributed by atoms with Crippen molar-refractivity contribution in [3.05, 3.63) is 47.1 Å². The molecule has 0 aliphatic rings. The number of ether oxygens (including phenoxy) is 1. The first-order valence-electron chi connectivity index (χ1n) is 7.91. The molecular formula is C17H21N3O5. The highest BCUT2D eigenvalue weighted by Gasteiger charge is 2.19. The summed E-state index contributed by atoms with van der Waals surface area (Å²) in [7, 11) is 1.60. The second kappa shape index (κ2) is 8.39. The van der Waals surface area contributed by atoms with Gasteiger partial charge in [-0.25, -0.2) is 4.79 Å². The van der Waals surface area contributed by atoms with Crippen LogP contribution in [0.25, 0.3) is 0 Å². The van der Waals surface area contributed by atoms with Crippen LogP contribution in [0, 0.1) is 0 Å². The Morgan fingerprint density at radius 3 is 2.76 bits per heavy atom. The molecule has 1 aromatic carbocycles. The number of aromatic nitrogens is 2. The number of hydrogen-bond donors (Lipinski definition) is 1. The van der Waals surface area contributed by atoms with Crippen molar-refractivity contribution in [2.24, 2.45) is 0 Å². The lowest BCUT2D eigenvalue weighted by molar-refractivity contribution is -0.130. The Morgan fingerprint density at radius 1 is 1.36 bits per heavy atom. The molecule has 1 unspecified atom stereocenters. The van der Waals surface area contributed by atoms with Crippen molar-refractivity contribution in [1.29, 1.82) is 0 Å². The number of nitrogens with zero attached hydrogens (tertiary/aromatic N) is 3. The third kappa shape index (κ3) is 4.87. The lowest BCUT2D eigenvalue weighted by Crippen LogP contribution is -2.28. The number of carboxylic acids is 1. The highest BCUT2D eigenvalue weighted by Crippen LogP contribution is 2.14. The quantitative estimate of drug-likeness (QED) is 0.779. The predicted octanol–water partition coefficient (Wildman–Crippen LogP) is 2.07. The van der Waals surface area contributed by atoms with Crippen LogP contribution in [0.15, 0.2) is 28.8 Å². The van der Waals surface area contributed by atoms with Crippen LogP contribution in [-0.4, -0.2) is 45.7 Å². The van der Waals surface area contributed by atoms with Crippen LogP contribution in [0.2, 0.25) is 0 Å². The van der Waals surface area contributed by atoms with E-state index >= 15 is 0 Å². The van der Waals surface area contributed by atoms with Gasteiger partial charge in [0.2, 0.25) is 11.8 Å². The molecule has 0 saturated carbocycles. The summed E-state index contributed by atoms with van der Waals surface area (Å²) in [5, 5.41) is 13.0. The fraction of sp³-hybridized carbons (Fsp3) is 0.412. The minimum atomic E-state index is -1.06. The molecule has 2 aromatic rings. The van der Waals surface area contributed by atoms with Crippen LogP contribution >= 0.6 is 0 Å². The summed E-state index contributed by atoms with van der Waals surface area (Å²) in [6, 6.07) is 6.43. The Kier molecular flexibility index (Phi) is 6.24. The van der Waals surface area contributed by atoms with Crippen LogP contribution in [-0.2, 0) is 22.5 Å². The first-order chi connectivity index (χ1) is 11.9. The van der Waals surface area contributed by atoms with E-state index in [1.807, 2.05) is 13.8 Å². The molecule has 134 valence electrons. The fourth-order valence-corrected chi connectivity index (χ4v) is 2.29. The van der Waals surface area contributed by atoms with Gasteiger partial charge in [0.1, 0.15) is 6.10 Å². The molecule has 0 fully saturated rings. The van der Waals surface area contributed by atoms with Gasteiger partial charge >= 0.3 is 5.97 Å². The third-order valence-electron chi connectivity index (χ3n) is 3.65. The molecule has 0 radical (unpaired) electrons. The highest BCUT2D eigenvalue weighted by atomic mass is 16.5. The van der Waals surface area contributed by atoms with E-state index in [4.69, 9.17) is 9.26 Å². The van der Waals surface area contributed by atoms with E-state index in [1.165, 1.54) is 11.0 Å². The van der Waals surface area contributed by atoms with E-state index < -0.39 is 5.97 Å². The van der Waals surface area contributed by atoms with E-state index in [0.29, 0.717) is 23.9 Å². The van der Waals surface area contributed by atoms with E-state index in [-0.39, 0.29) is 30.5 Å². The summed E-state index contributed by atoms with van der Waals surface area (Å²) in [4.78, 5) is 29.2. The maximum atomic E-state index is 12.4. The fourth-order valence-electron chi connectivity index (χ4n) is 2.29. The van der Waals surface area contributed by atoms with Crippen molar-refractivity contribution in [1.82, 2.24) is 15.0 Å². The average molecular weight is 347 g/mol. The highest BCUT2D eigenvalue weighted by molar-refractivity contribution is 5.91. The monoisotopic (exact) mass is 347 g/mol. The van der Waals surface area contributed by atoms with Crippen molar-refractivity contribution in [2.75, 3.05) is 13.7 Å². The number of likely N-dealkylation sites (N-methyl/N-ethyl adjacent to an activating group) is 1. The summed E-state index contributed by atoms with van der Waals surface area (Å²) < 4.78 is 10.5. The number of carbonyl (C=O) groups is 2. The number of hydrogen-bond acceptors (Lipinski definition) is 6. The first kappa shape index (κ1) is 18.6. The second-order valence-corrected chi connectivity index (χ2v) is 5.53. The molecule has 1 atom stereocenters. The van der Waals surface area contributed by atoms with Crippen LogP contribution in [0.3, 0.4) is 0 Å². The standard InChI is InChI=1S/C17H21N3O5/c1-4-24-11(2)16-18-14(25-19-16)10-20(3)15(21)9-12-7-5-6-8-13(12)17(22)23/h5-8,11H,4,9-10H2,1-3H3,(H,22,23). The summed E-state index contributed by atoms with van der Waals surface area (Å²) in [5.41, 5.74) is 0.581. The second-order valence-electron chi connectivity index (χ2n) is 5.53. The van der Waals surface area contributed by atoms with Gasteiger partial charge in [-0.3, -0.25) is 4.79 Å². The summed E-state index contributed by atoms with van der Waals surface area (Å²) >= 11 is 0. The third-order valence-corrected chi connectivity index (χ3v) is 3.65. The van der Waals surface area contributed by atoms with E-state index in [1.54, 1.807) is 25.2 Å². The molecule has 0 aliphatic heterocycles. The number of benzene rings is 1. The molecule has 2 rings (SSSR count). The maximum absolute atomic E-state index is 12.4. The van der Waals surface area contributed by atoms with Crippen molar-refractivity contribution in [2.45, 2.75) is 32.9 Å². The zero-order valence-electron chi connectivity index (χ0n) is 14.4. The van der Waals surface area contributed by atoms with Gasteiger partial charge in [0, 0.05) is 13.7 Å². The number of amides is 1. The number of rotatable bonds is 8. The number of aromatic carboxylic acids is 1. The Labute approximate surface area is 145 Å². The minimum Gasteiger partial charge on any atom is -0.478 e. The summed E-state index contributed by atoms with van der Waals surface area (Å²) in [6.45, 7) is 4.36. The predicted molar refractivity (Wildman–Crippen MR) is 87.9 cm³/mol. The normalized spacial score (nSPS) is 12.0. The molecule has 8 heteroatoms. The number of carboxylic acid groups (broad SMARTS) is 1. The molecular weight excluding hydrogens is 326 g/mol. The van der Waals surface area contributed by atoms with Gasteiger partial charge in [0.25, 0.3) is 0 Å². The zero-order chi connectivity index (χ0) is 18.4. The van der Waals surface area contributed by atoms with E-state index in [2.05, 4.69) is 10.1 Å². The summed E-state index contributed by atoms with van der Waals surface area (Å²) in [5.74, 6) is -0.582. The largest absolute Gasteiger partial charge is 0.478 e. The van der Waals surface area contributed by atoms with Gasteiger partial charge in [-0.1, -0.05) is 23.4 Å². The molecule has 0 bridgehead atoms. The lowest BCUT2D eigenvalue weighted by atomic mass is 10.0. The van der Waals surface area contributed by atoms with Gasteiger partial charge in [-0.05, 0) is 25.5 Å². The molecule has 1 aromatic heterocycles. The van der Waals surface area contributed by atoms with E-state index in [0.717, 1.165) is 0 Å². The van der Waals surface area contributed by atoms with Gasteiger partial charge in [0.05, 0.1) is 18.5 Å². The van der Waals surface area contributed by atoms with Crippen LogP contribution in [0.5, 0.6) is 0 Å². The Morgan fingerprint density at radius 2 is 2.08 bits per heavy atom. The van der Waals surface area contributed by atoms with Gasteiger partial charge in [-0.2, -0.15) is 4.98 Å². The van der Waals surface area contributed by atoms with Crippen molar-refractivity contribution in [3.8, 4) is 0 Å². The smallest absolute Gasteiger partial charge is 0.335 e. The van der Waals surface area contributed by atoms with Crippen molar-refractivity contribution in [3.63, 3.8) is 0 Å². The van der Waals surface area contributed by atoms with Crippen molar-refractivity contribution >= 4 is 11.9 Å². The first-order valence-corrected chi connectivity index (χ1v) is 7.91. The average Bonchev–Trinajstić information content (AvgIpc) is 3.04. The van der Waals surface area contributed by atoms with Crippen LogP contribution in [0.1, 0.15) is 47.6 Å². The number of carbonyl (C=O) groups excluding carboxylic acids is 1. The molecule has 1 heterocycles. The molecule has 25 heavy (non-hydrogen) atoms. The van der Waals surface area contributed by atoms with Gasteiger partial charge in [-0.15, -0.1) is 0 Å². The van der Waals surface area contributed by atoms with Gasteiger partial charge in [0.15, 0.2) is 5.82 Å². The molecule has 0 aliphatic carbocycles. The minimum absolute atomic E-state index is 0.0185. The molecule has 1 amide bonds. The maximum Gasteiger partial charge on any atom is 0.335 e. The van der Waals surface area contributed by atoms with Gasteiger partial charge < -0.3 is 19.3 Å². The SMILES string of the molecule is CCOC(C)c1noc(CN(C)C(=O)Cc2ccccc2C(=O)O)n1. The topological polar surface area (TPSA) is 106 Å². The van der Waals surface area contributed by atoms with Crippen LogP contribution in [0.4, 0.5) is 0 Å². The van der Waals surface area contributed by atoms with Crippen LogP contribution < -0.4 is 0 Å². The molecule has 0 spiro atoms. The molecule has 1 N–H and O–H groups in total. The van der Waals surface area contributed by atoms with Crippen molar-refractivity contribution < 1.29 is 24.0 Å². The summed E-state index contributed by atoms with van der Waals surface area (Å²) in [6.07, 6.45) is -0.305. The Balaban J connectivity index is 2.00. The Bertz CT molecular complexity index is 743. The lowest BCUT2D eigenvalue weighted by Gasteiger charge is -2.15. The molecule has 8 nitrogen and oxygen atoms in total. The zero-order valence-corrected chi connectivity index (χ0v) is 14.4. The Hall–Kier alpha value is -2.74.